The van der Waals surface area contributed by atoms with E-state index in [2.05, 4.69) is 15.9 Å². The lowest BCUT2D eigenvalue weighted by molar-refractivity contribution is -0.121. The first-order valence-electron chi connectivity index (χ1n) is 4.98. The Labute approximate surface area is 97.8 Å². The Balaban J connectivity index is 2.66. The van der Waals surface area contributed by atoms with Crippen molar-refractivity contribution in [3.05, 3.63) is 34.1 Å². The Morgan fingerprint density at radius 3 is 2.73 bits per heavy atom. The lowest BCUT2D eigenvalue weighted by Crippen LogP contribution is -2.08. The van der Waals surface area contributed by atoms with Gasteiger partial charge in [0.15, 0.2) is 0 Å². The van der Waals surface area contributed by atoms with Crippen LogP contribution in [0.25, 0.3) is 0 Å². The molecular weight excluding hydrogens is 259 g/mol. The van der Waals surface area contributed by atoms with Crippen molar-refractivity contribution in [3.63, 3.8) is 0 Å². The number of carbonyl (C=O) groups is 1. The minimum absolute atomic E-state index is 0.0531. The summed E-state index contributed by atoms with van der Waals surface area (Å²) < 4.78 is 13.6. The maximum atomic E-state index is 13.1. The molecule has 0 radical (unpaired) electrons. The number of carbonyl (C=O) groups excluding carboxylic acids is 1. The third-order valence-electron chi connectivity index (χ3n) is 2.32. The lowest BCUT2D eigenvalue weighted by Gasteiger charge is -2.06. The van der Waals surface area contributed by atoms with E-state index in [1.165, 1.54) is 6.07 Å². The summed E-state index contributed by atoms with van der Waals surface area (Å²) in [7, 11) is 0. The Morgan fingerprint density at radius 1 is 1.47 bits per heavy atom. The summed E-state index contributed by atoms with van der Waals surface area (Å²) in [6.07, 6.45) is 1.06. The minimum Gasteiger partial charge on any atom is -0.299 e. The highest BCUT2D eigenvalue weighted by Gasteiger charge is 2.10. The fourth-order valence-corrected chi connectivity index (χ4v) is 1.75. The van der Waals surface area contributed by atoms with Crippen molar-refractivity contribution < 1.29 is 9.18 Å². The molecule has 0 aliphatic heterocycles. The van der Waals surface area contributed by atoms with E-state index >= 15 is 0 Å². The second-order valence-electron chi connectivity index (χ2n) is 3.83. The highest BCUT2D eigenvalue weighted by atomic mass is 79.9. The monoisotopic (exact) mass is 272 g/mol. The Morgan fingerprint density at radius 2 is 2.13 bits per heavy atom. The summed E-state index contributed by atoms with van der Waals surface area (Å²) in [6.45, 7) is 3.76. The van der Waals surface area contributed by atoms with Crippen LogP contribution in [0.1, 0.15) is 25.8 Å². The molecule has 3 heteroatoms. The average Bonchev–Trinajstić information content (AvgIpc) is 2.19. The number of benzene rings is 1. The maximum Gasteiger partial charge on any atom is 0.137 e. The zero-order valence-electron chi connectivity index (χ0n) is 8.89. The zero-order valence-corrected chi connectivity index (χ0v) is 10.5. The van der Waals surface area contributed by atoms with Gasteiger partial charge in [0.2, 0.25) is 0 Å². The van der Waals surface area contributed by atoms with Gasteiger partial charge in [-0.25, -0.2) is 4.39 Å². The largest absolute Gasteiger partial charge is 0.299 e. The normalized spacial score (nSPS) is 10.7. The van der Waals surface area contributed by atoms with Crippen LogP contribution in [0.5, 0.6) is 0 Å². The van der Waals surface area contributed by atoms with E-state index in [1.54, 1.807) is 6.07 Å². The predicted octanol–water partition coefficient (Wildman–Crippen LogP) is 3.75. The first-order valence-corrected chi connectivity index (χ1v) is 5.77. The molecule has 82 valence electrons. The van der Waals surface area contributed by atoms with E-state index in [-0.39, 0.29) is 17.5 Å². The van der Waals surface area contributed by atoms with Crippen molar-refractivity contribution in [1.29, 1.82) is 0 Å². The predicted molar refractivity (Wildman–Crippen MR) is 62.3 cm³/mol. The first-order chi connectivity index (χ1) is 7.02. The van der Waals surface area contributed by atoms with Crippen molar-refractivity contribution in [2.45, 2.75) is 26.7 Å². The third-order valence-corrected chi connectivity index (χ3v) is 3.20. The van der Waals surface area contributed by atoms with Crippen LogP contribution < -0.4 is 0 Å². The summed E-state index contributed by atoms with van der Waals surface area (Å²) >= 11 is 3.18. The molecule has 0 saturated heterocycles. The van der Waals surface area contributed by atoms with E-state index in [4.69, 9.17) is 0 Å². The second-order valence-corrected chi connectivity index (χ2v) is 4.63. The van der Waals surface area contributed by atoms with Crippen molar-refractivity contribution in [2.24, 2.45) is 5.92 Å². The standard InChI is InChI=1S/C12H14BrFO/c1-8(2)11(15)7-6-9-4-3-5-10(14)12(9)13/h3-5,8H,6-7H2,1-2H3. The number of halogens is 2. The molecule has 0 atom stereocenters. The molecule has 0 N–H and O–H groups in total. The second kappa shape index (κ2) is 5.40. The summed E-state index contributed by atoms with van der Waals surface area (Å²) in [5.74, 6) is -0.00649. The Hall–Kier alpha value is -0.700. The lowest BCUT2D eigenvalue weighted by atomic mass is 10.0. The molecule has 1 rings (SSSR count). The highest BCUT2D eigenvalue weighted by Crippen LogP contribution is 2.22. The molecule has 0 heterocycles. The average molecular weight is 273 g/mol. The van der Waals surface area contributed by atoms with E-state index in [0.717, 1.165) is 5.56 Å². The summed E-state index contributed by atoms with van der Waals surface area (Å²) in [5.41, 5.74) is 0.851. The minimum atomic E-state index is -0.274. The van der Waals surface area contributed by atoms with Crippen molar-refractivity contribution in [1.82, 2.24) is 0 Å². The van der Waals surface area contributed by atoms with Crippen molar-refractivity contribution in [2.75, 3.05) is 0 Å². The maximum absolute atomic E-state index is 13.1. The van der Waals surface area contributed by atoms with Crippen LogP contribution in [0.15, 0.2) is 22.7 Å². The van der Waals surface area contributed by atoms with Crippen LogP contribution in [0, 0.1) is 11.7 Å². The zero-order chi connectivity index (χ0) is 11.4. The molecule has 0 bridgehead atoms. The fraction of sp³-hybridized carbons (Fsp3) is 0.417. The molecule has 0 saturated carbocycles. The van der Waals surface area contributed by atoms with Crippen LogP contribution in [0.4, 0.5) is 4.39 Å². The van der Waals surface area contributed by atoms with Crippen LogP contribution in [0.3, 0.4) is 0 Å². The first kappa shape index (κ1) is 12.4. The molecule has 0 aromatic heterocycles. The van der Waals surface area contributed by atoms with Crippen molar-refractivity contribution >= 4 is 21.7 Å². The Bertz CT molecular complexity index is 361. The van der Waals surface area contributed by atoms with Gasteiger partial charge in [-0.05, 0) is 34.0 Å². The van der Waals surface area contributed by atoms with E-state index in [9.17, 15) is 9.18 Å². The van der Waals surface area contributed by atoms with Gasteiger partial charge in [-0.2, -0.15) is 0 Å². The third kappa shape index (κ3) is 3.42. The number of aryl methyl sites for hydroxylation is 1. The smallest absolute Gasteiger partial charge is 0.137 e. The van der Waals surface area contributed by atoms with Gasteiger partial charge in [0.25, 0.3) is 0 Å². The van der Waals surface area contributed by atoms with Gasteiger partial charge in [0.1, 0.15) is 11.6 Å². The van der Waals surface area contributed by atoms with E-state index < -0.39 is 0 Å². The number of hydrogen-bond donors (Lipinski definition) is 0. The highest BCUT2D eigenvalue weighted by molar-refractivity contribution is 9.10. The molecule has 15 heavy (non-hydrogen) atoms. The van der Waals surface area contributed by atoms with Crippen LogP contribution >= 0.6 is 15.9 Å². The molecule has 1 aromatic carbocycles. The summed E-state index contributed by atoms with van der Waals surface area (Å²) in [5, 5.41) is 0. The van der Waals surface area contributed by atoms with E-state index in [1.807, 2.05) is 19.9 Å². The summed E-state index contributed by atoms with van der Waals surface area (Å²) in [4.78, 5) is 11.4. The number of Topliss-reactive ketones (excluding diaryl/α,β-unsaturated/α-hetero) is 1. The van der Waals surface area contributed by atoms with Gasteiger partial charge in [-0.3, -0.25) is 4.79 Å². The quantitative estimate of drug-likeness (QED) is 0.816. The molecular formula is C12H14BrFO. The Kier molecular flexibility index (Phi) is 4.45. The van der Waals surface area contributed by atoms with Crippen LogP contribution in [0.2, 0.25) is 0 Å². The summed E-state index contributed by atoms with van der Waals surface area (Å²) in [6, 6.07) is 4.90. The molecule has 1 nitrogen and oxygen atoms in total. The van der Waals surface area contributed by atoms with Crippen molar-refractivity contribution in [3.8, 4) is 0 Å². The van der Waals surface area contributed by atoms with Gasteiger partial charge in [0, 0.05) is 12.3 Å². The number of rotatable bonds is 4. The molecule has 1 aromatic rings. The molecule has 0 spiro atoms. The topological polar surface area (TPSA) is 17.1 Å². The van der Waals surface area contributed by atoms with Crippen LogP contribution in [-0.2, 0) is 11.2 Å². The number of hydrogen-bond acceptors (Lipinski definition) is 1. The molecule has 0 aliphatic carbocycles. The molecule has 0 aliphatic rings. The molecule has 0 unspecified atom stereocenters. The van der Waals surface area contributed by atoms with Crippen LogP contribution in [-0.4, -0.2) is 5.78 Å². The van der Waals surface area contributed by atoms with Gasteiger partial charge < -0.3 is 0 Å². The molecule has 0 amide bonds. The number of ketones is 1. The van der Waals surface area contributed by atoms with E-state index in [0.29, 0.717) is 17.3 Å². The van der Waals surface area contributed by atoms with Gasteiger partial charge in [0.05, 0.1) is 4.47 Å². The van der Waals surface area contributed by atoms with Gasteiger partial charge >= 0.3 is 0 Å². The van der Waals surface area contributed by atoms with Gasteiger partial charge in [-0.1, -0.05) is 26.0 Å². The SMILES string of the molecule is CC(C)C(=O)CCc1cccc(F)c1Br. The molecule has 0 fully saturated rings. The fourth-order valence-electron chi connectivity index (χ4n) is 1.29. The van der Waals surface area contributed by atoms with Gasteiger partial charge in [-0.15, -0.1) is 0 Å².